The van der Waals surface area contributed by atoms with Gasteiger partial charge in [-0.1, -0.05) is 30.6 Å². The Morgan fingerprint density at radius 3 is 2.74 bits per heavy atom. The van der Waals surface area contributed by atoms with Crippen LogP contribution in [0.15, 0.2) is 35.5 Å². The van der Waals surface area contributed by atoms with Gasteiger partial charge < -0.3 is 28.2 Å². The fourth-order valence-corrected chi connectivity index (χ4v) is 6.09. The topological polar surface area (TPSA) is 70.8 Å². The van der Waals surface area contributed by atoms with Crippen LogP contribution in [0.5, 0.6) is 0 Å². The molecule has 4 heterocycles. The minimum Gasteiger partial charge on any atom is -0.494 e. The molecule has 1 saturated heterocycles. The third-order valence-electron chi connectivity index (χ3n) is 7.51. The number of likely N-dealkylation sites (tertiary alicyclic amines) is 1. The second-order valence-corrected chi connectivity index (χ2v) is 12.9. The molecule has 1 amide bonds. The molecule has 0 bridgehead atoms. The monoisotopic (exact) mass is 602 g/mol. The van der Waals surface area contributed by atoms with Gasteiger partial charge in [0.15, 0.2) is 5.82 Å². The van der Waals surface area contributed by atoms with E-state index in [1.807, 2.05) is 26.8 Å². The number of rotatable bonds is 8. The van der Waals surface area contributed by atoms with E-state index in [4.69, 9.17) is 19.2 Å². The van der Waals surface area contributed by atoms with Crippen LogP contribution in [-0.2, 0) is 34.2 Å². The summed E-state index contributed by atoms with van der Waals surface area (Å²) in [5.41, 5.74) is 2.91. The third kappa shape index (κ3) is 8.04. The number of amides is 1. The van der Waals surface area contributed by atoms with Crippen LogP contribution < -0.4 is 0 Å². The minimum atomic E-state index is -0.493. The molecule has 0 radical (unpaired) electrons. The van der Waals surface area contributed by atoms with Crippen molar-refractivity contribution in [3.8, 4) is 35.2 Å². The van der Waals surface area contributed by atoms with E-state index in [1.165, 1.54) is 10.2 Å². The summed E-state index contributed by atoms with van der Waals surface area (Å²) in [5, 5.41) is 2.12. The number of allylic oxidation sites excluding steroid dienone is 2. The van der Waals surface area contributed by atoms with Crippen molar-refractivity contribution in [1.82, 2.24) is 19.0 Å². The number of carbonyl (C=O) groups is 1. The van der Waals surface area contributed by atoms with Crippen LogP contribution in [0.4, 0.5) is 4.79 Å². The minimum absolute atomic E-state index is 0.0482. The molecule has 0 aromatic carbocycles. The van der Waals surface area contributed by atoms with Gasteiger partial charge in [0, 0.05) is 58.6 Å². The fourth-order valence-electron chi connectivity index (χ4n) is 5.24. The molecule has 9 heteroatoms. The molecule has 1 atom stereocenters. The quantitative estimate of drug-likeness (QED) is 0.274. The lowest BCUT2D eigenvalue weighted by Crippen LogP contribution is -2.43. The van der Waals surface area contributed by atoms with Crippen LogP contribution in [0.1, 0.15) is 65.5 Å². The van der Waals surface area contributed by atoms with Crippen molar-refractivity contribution in [2.45, 2.75) is 90.6 Å². The Kier molecular flexibility index (Phi) is 9.85. The summed E-state index contributed by atoms with van der Waals surface area (Å²) in [5.74, 6) is 14.8. The fraction of sp³-hybridized carbons (Fsp3) is 0.529. The number of fused-ring (bicyclic) bond motifs is 1. The highest BCUT2D eigenvalue weighted by Crippen LogP contribution is 2.30. The second kappa shape index (κ2) is 13.8. The van der Waals surface area contributed by atoms with Gasteiger partial charge in [0.05, 0.1) is 34.6 Å². The Bertz CT molecular complexity index is 1570. The van der Waals surface area contributed by atoms with Crippen LogP contribution in [0, 0.1) is 23.7 Å². The molecule has 1 unspecified atom stereocenters. The van der Waals surface area contributed by atoms with Gasteiger partial charge in [-0.3, -0.25) is 0 Å². The highest BCUT2D eigenvalue weighted by Gasteiger charge is 2.28. The standard InChI is InChI=1S/C34H42N4O4S/c1-6-25-24-38(32(35-25)30-23-31-29(36(30)5)17-22-43-31)20-21-40-26-11-8-7-9-12-27(14-10-13-26)41-28-15-18-37(19-16-28)33(39)42-34(2,3)4/h12,17,22-24,26,28H,6,9,11,14-16,18-21H2,1-5H3/b27-12+. The Hall–Kier alpha value is -3.66. The summed E-state index contributed by atoms with van der Waals surface area (Å²) in [6.07, 6.45) is 7.80. The van der Waals surface area contributed by atoms with Crippen LogP contribution in [-0.4, -0.2) is 62.6 Å². The molecule has 1 aliphatic carbocycles. The Morgan fingerprint density at radius 2 is 2.00 bits per heavy atom. The zero-order valence-corrected chi connectivity index (χ0v) is 26.8. The molecule has 5 rings (SSSR count). The third-order valence-corrected chi connectivity index (χ3v) is 8.37. The van der Waals surface area contributed by atoms with Crippen LogP contribution in [0.25, 0.3) is 21.7 Å². The molecule has 3 aromatic rings. The summed E-state index contributed by atoms with van der Waals surface area (Å²) in [6.45, 7) is 10.2. The normalized spacial score (nSPS) is 19.1. The molecule has 8 nitrogen and oxygen atoms in total. The lowest BCUT2D eigenvalue weighted by atomic mass is 10.1. The maximum absolute atomic E-state index is 12.4. The number of aromatic nitrogens is 3. The van der Waals surface area contributed by atoms with E-state index in [2.05, 4.69) is 70.5 Å². The SMILES string of the molecule is CCc1cn(CCOC2C#CC/C(OC3CCN(C(=O)OC(C)(C)C)CC3)=C\CC#CC2)c(-c2cc3sccc3n2C)n1. The summed E-state index contributed by atoms with van der Waals surface area (Å²) in [7, 11) is 2.10. The number of aryl methyl sites for hydroxylation is 2. The van der Waals surface area contributed by atoms with Gasteiger partial charge in [0.2, 0.25) is 0 Å². The average molecular weight is 603 g/mol. The van der Waals surface area contributed by atoms with Gasteiger partial charge in [0.25, 0.3) is 0 Å². The second-order valence-electron chi connectivity index (χ2n) is 11.9. The summed E-state index contributed by atoms with van der Waals surface area (Å²) in [4.78, 5) is 19.1. The van der Waals surface area contributed by atoms with E-state index in [-0.39, 0.29) is 18.3 Å². The lowest BCUT2D eigenvalue weighted by Gasteiger charge is -2.33. The molecule has 43 heavy (non-hydrogen) atoms. The molecular formula is C34H42N4O4S. The molecule has 1 aliphatic heterocycles. The maximum Gasteiger partial charge on any atom is 0.410 e. The van der Waals surface area contributed by atoms with Gasteiger partial charge in [-0.25, -0.2) is 9.78 Å². The van der Waals surface area contributed by atoms with E-state index < -0.39 is 5.60 Å². The van der Waals surface area contributed by atoms with E-state index >= 15 is 0 Å². The number of thiophene rings is 1. The van der Waals surface area contributed by atoms with E-state index in [1.54, 1.807) is 16.2 Å². The highest BCUT2D eigenvalue weighted by molar-refractivity contribution is 7.17. The first-order valence-corrected chi connectivity index (χ1v) is 16.1. The number of piperidine rings is 1. The average Bonchev–Trinajstić information content (AvgIpc) is 3.68. The van der Waals surface area contributed by atoms with Gasteiger partial charge in [0.1, 0.15) is 23.6 Å². The zero-order valence-electron chi connectivity index (χ0n) is 25.9. The van der Waals surface area contributed by atoms with Gasteiger partial charge in [-0.2, -0.15) is 0 Å². The van der Waals surface area contributed by atoms with Crippen LogP contribution in [0.2, 0.25) is 0 Å². The first-order valence-electron chi connectivity index (χ1n) is 15.2. The zero-order chi connectivity index (χ0) is 30.4. The largest absolute Gasteiger partial charge is 0.494 e. The Balaban J connectivity index is 1.15. The molecular weight excluding hydrogens is 560 g/mol. The molecule has 1 fully saturated rings. The number of hydrogen-bond donors (Lipinski definition) is 0. The van der Waals surface area contributed by atoms with Crippen molar-refractivity contribution < 1.29 is 19.0 Å². The van der Waals surface area contributed by atoms with E-state index in [0.29, 0.717) is 45.5 Å². The maximum atomic E-state index is 12.4. The van der Waals surface area contributed by atoms with Crippen molar-refractivity contribution in [3.63, 3.8) is 0 Å². The van der Waals surface area contributed by atoms with Crippen molar-refractivity contribution in [3.05, 3.63) is 41.2 Å². The van der Waals surface area contributed by atoms with Gasteiger partial charge >= 0.3 is 6.09 Å². The molecule has 3 aromatic heterocycles. The van der Waals surface area contributed by atoms with Gasteiger partial charge in [-0.15, -0.1) is 11.3 Å². The Labute approximate surface area is 259 Å². The van der Waals surface area contributed by atoms with E-state index in [0.717, 1.165) is 42.2 Å². The van der Waals surface area contributed by atoms with Crippen molar-refractivity contribution in [1.29, 1.82) is 0 Å². The Morgan fingerprint density at radius 1 is 1.19 bits per heavy atom. The molecule has 0 saturated carbocycles. The van der Waals surface area contributed by atoms with Crippen LogP contribution in [0.3, 0.4) is 0 Å². The summed E-state index contributed by atoms with van der Waals surface area (Å²) in [6, 6.07) is 4.37. The molecule has 0 N–H and O–H groups in total. The highest BCUT2D eigenvalue weighted by atomic mass is 32.1. The number of imidazole rings is 1. The number of carbonyl (C=O) groups excluding carboxylic acids is 1. The molecule has 2 aliphatic rings. The van der Waals surface area contributed by atoms with Crippen molar-refractivity contribution in [2.75, 3.05) is 19.7 Å². The number of ether oxygens (including phenoxy) is 3. The molecule has 228 valence electrons. The van der Waals surface area contributed by atoms with E-state index in [9.17, 15) is 4.79 Å². The first kappa shape index (κ1) is 30.8. The first-order chi connectivity index (χ1) is 20.7. The number of nitrogens with zero attached hydrogens (tertiary/aromatic N) is 4. The van der Waals surface area contributed by atoms with Crippen molar-refractivity contribution in [2.24, 2.45) is 7.05 Å². The predicted octanol–water partition coefficient (Wildman–Crippen LogP) is 6.54. The van der Waals surface area contributed by atoms with Crippen molar-refractivity contribution >= 4 is 27.6 Å². The number of hydrogen-bond acceptors (Lipinski definition) is 6. The smallest absolute Gasteiger partial charge is 0.410 e. The predicted molar refractivity (Wildman–Crippen MR) is 171 cm³/mol. The van der Waals surface area contributed by atoms with Gasteiger partial charge in [-0.05, 0) is 50.8 Å². The van der Waals surface area contributed by atoms with Crippen LogP contribution >= 0.6 is 11.3 Å². The molecule has 0 spiro atoms. The summed E-state index contributed by atoms with van der Waals surface area (Å²) < 4.78 is 23.7. The lowest BCUT2D eigenvalue weighted by molar-refractivity contribution is 0.00394. The summed E-state index contributed by atoms with van der Waals surface area (Å²) >= 11 is 1.75.